The molecule has 0 saturated carbocycles. The number of aryl methyl sites for hydroxylation is 1. The second-order valence-corrected chi connectivity index (χ2v) is 10.9. The molecule has 1 aromatic carbocycles. The van der Waals surface area contributed by atoms with Crippen LogP contribution in [0.4, 0.5) is 23.9 Å². The van der Waals surface area contributed by atoms with Gasteiger partial charge >= 0.3 is 12.3 Å². The van der Waals surface area contributed by atoms with Crippen LogP contribution in [0.2, 0.25) is 0 Å². The Balaban J connectivity index is 1.54. The lowest BCUT2D eigenvalue weighted by Crippen LogP contribution is -2.38. The first-order chi connectivity index (χ1) is 20.0. The first-order valence-electron chi connectivity index (χ1n) is 13.8. The molecule has 2 saturated heterocycles. The Morgan fingerprint density at radius 3 is 2.48 bits per heavy atom. The van der Waals surface area contributed by atoms with Gasteiger partial charge in [-0.05, 0) is 49.1 Å². The van der Waals surface area contributed by atoms with E-state index >= 15 is 0 Å². The highest BCUT2D eigenvalue weighted by Crippen LogP contribution is 2.39. The Hall–Kier alpha value is -3.93. The molecule has 1 amide bonds. The highest BCUT2D eigenvalue weighted by atomic mass is 19.4. The summed E-state index contributed by atoms with van der Waals surface area (Å²) in [5.74, 6) is 1.08. The first kappa shape index (κ1) is 29.6. The molecule has 0 aliphatic carbocycles. The molecule has 2 fully saturated rings. The Kier molecular flexibility index (Phi) is 8.27. The Labute approximate surface area is 242 Å². The Bertz CT molecular complexity index is 1460. The molecule has 0 unspecified atom stereocenters. The van der Waals surface area contributed by atoms with Crippen LogP contribution in [0.1, 0.15) is 60.7 Å². The summed E-state index contributed by atoms with van der Waals surface area (Å²) >= 11 is 0. The van der Waals surface area contributed by atoms with Crippen LogP contribution >= 0.6 is 0 Å². The van der Waals surface area contributed by atoms with E-state index in [4.69, 9.17) is 19.2 Å². The maximum Gasteiger partial charge on any atom is 0.416 e. The molecule has 0 radical (unpaired) electrons. The van der Waals surface area contributed by atoms with E-state index in [1.165, 1.54) is 12.0 Å². The SMILES string of the molecule is COc1ncc(C(C)C)cc1-c1cnc(N2CCOCC2)nc1CN1C(=O)O[C@H](c2cc(C)cc(C(F)(F)F)c2)[C@@H]1C. The molecule has 5 rings (SSSR count). The minimum absolute atomic E-state index is 0.0404. The number of rotatable bonds is 7. The van der Waals surface area contributed by atoms with Crippen LogP contribution in [-0.4, -0.2) is 65.4 Å². The van der Waals surface area contributed by atoms with Gasteiger partial charge in [0, 0.05) is 36.6 Å². The Morgan fingerprint density at radius 1 is 1.07 bits per heavy atom. The van der Waals surface area contributed by atoms with Crippen LogP contribution in [0, 0.1) is 6.92 Å². The van der Waals surface area contributed by atoms with Gasteiger partial charge in [0.15, 0.2) is 0 Å². The molecule has 4 heterocycles. The van der Waals surface area contributed by atoms with Gasteiger partial charge < -0.3 is 19.1 Å². The van der Waals surface area contributed by atoms with Gasteiger partial charge in [-0.2, -0.15) is 13.2 Å². The number of cyclic esters (lactones) is 1. The highest BCUT2D eigenvalue weighted by molar-refractivity contribution is 5.74. The van der Waals surface area contributed by atoms with Crippen molar-refractivity contribution in [2.45, 2.75) is 58.5 Å². The third-order valence-electron chi connectivity index (χ3n) is 7.64. The van der Waals surface area contributed by atoms with Crippen molar-refractivity contribution < 1.29 is 32.2 Å². The van der Waals surface area contributed by atoms with Gasteiger partial charge in [-0.3, -0.25) is 4.90 Å². The average molecular weight is 586 g/mol. The number of aromatic nitrogens is 3. The van der Waals surface area contributed by atoms with E-state index < -0.39 is 30.0 Å². The van der Waals surface area contributed by atoms with Crippen molar-refractivity contribution in [3.63, 3.8) is 0 Å². The molecular formula is C30H34F3N5O4. The second kappa shape index (κ2) is 11.7. The number of halogens is 3. The second-order valence-electron chi connectivity index (χ2n) is 10.9. The molecule has 9 nitrogen and oxygen atoms in total. The number of nitrogens with zero attached hydrogens (tertiary/aromatic N) is 5. The number of carbonyl (C=O) groups excluding carboxylic acids is 1. The summed E-state index contributed by atoms with van der Waals surface area (Å²) in [5, 5.41) is 0. The Morgan fingerprint density at radius 2 is 1.81 bits per heavy atom. The van der Waals surface area contributed by atoms with Crippen molar-refractivity contribution in [1.82, 2.24) is 19.9 Å². The standard InChI is InChI=1S/C30H34F3N5O4/c1-17(2)21-13-23(27(40-5)34-14-21)24-15-35-28(37-6-8-41-9-7-37)36-25(24)16-38-19(4)26(42-29(38)39)20-10-18(3)11-22(12-20)30(31,32)33/h10-15,17,19,26H,6-9,16H2,1-5H3/t19-,26-/m0/s1. The van der Waals surface area contributed by atoms with Gasteiger partial charge in [-0.25, -0.2) is 19.7 Å². The predicted octanol–water partition coefficient (Wildman–Crippen LogP) is 5.92. The van der Waals surface area contributed by atoms with Crippen LogP contribution in [0.15, 0.2) is 36.7 Å². The number of alkyl halides is 3. The molecule has 2 aliphatic rings. The molecule has 2 atom stereocenters. The lowest BCUT2D eigenvalue weighted by Gasteiger charge is -2.28. The van der Waals surface area contributed by atoms with Crippen molar-refractivity contribution in [1.29, 1.82) is 0 Å². The fourth-order valence-electron chi connectivity index (χ4n) is 5.27. The van der Waals surface area contributed by atoms with E-state index in [0.29, 0.717) is 60.5 Å². The quantitative estimate of drug-likeness (QED) is 0.338. The topological polar surface area (TPSA) is 89.9 Å². The monoisotopic (exact) mass is 585 g/mol. The fraction of sp³-hybridized carbons (Fsp3) is 0.467. The number of amides is 1. The van der Waals surface area contributed by atoms with Crippen molar-refractivity contribution >= 4 is 12.0 Å². The summed E-state index contributed by atoms with van der Waals surface area (Å²) in [7, 11) is 1.53. The first-order valence-corrected chi connectivity index (χ1v) is 13.8. The number of methoxy groups -OCH3 is 1. The third kappa shape index (κ3) is 5.99. The number of benzene rings is 1. The van der Waals surface area contributed by atoms with Gasteiger partial charge in [0.2, 0.25) is 11.8 Å². The summed E-state index contributed by atoms with van der Waals surface area (Å²) in [6.45, 7) is 9.83. The summed E-state index contributed by atoms with van der Waals surface area (Å²) in [5.41, 5.74) is 2.78. The van der Waals surface area contributed by atoms with Crippen molar-refractivity contribution in [2.24, 2.45) is 0 Å². The van der Waals surface area contributed by atoms with Crippen molar-refractivity contribution in [3.05, 3.63) is 64.6 Å². The molecule has 2 aliphatic heterocycles. The lowest BCUT2D eigenvalue weighted by atomic mass is 9.97. The van der Waals surface area contributed by atoms with Crippen LogP contribution in [0.5, 0.6) is 5.88 Å². The van der Waals surface area contributed by atoms with Gasteiger partial charge in [-0.1, -0.05) is 25.5 Å². The minimum Gasteiger partial charge on any atom is -0.481 e. The molecule has 0 spiro atoms. The van der Waals surface area contributed by atoms with Crippen LogP contribution in [0.3, 0.4) is 0 Å². The number of pyridine rings is 1. The van der Waals surface area contributed by atoms with Gasteiger partial charge in [0.25, 0.3) is 0 Å². The van der Waals surface area contributed by atoms with E-state index in [1.807, 2.05) is 11.0 Å². The van der Waals surface area contributed by atoms with E-state index in [-0.39, 0.29) is 18.0 Å². The number of hydrogen-bond donors (Lipinski definition) is 0. The summed E-state index contributed by atoms with van der Waals surface area (Å²) in [4.78, 5) is 30.7. The number of anilines is 1. The molecule has 224 valence electrons. The highest BCUT2D eigenvalue weighted by Gasteiger charge is 2.42. The van der Waals surface area contributed by atoms with Crippen LogP contribution in [-0.2, 0) is 22.2 Å². The normalized spacial score (nSPS) is 19.4. The largest absolute Gasteiger partial charge is 0.481 e. The number of hydrogen-bond acceptors (Lipinski definition) is 8. The van der Waals surface area contributed by atoms with Crippen molar-refractivity contribution in [3.8, 4) is 17.0 Å². The number of carbonyl (C=O) groups is 1. The third-order valence-corrected chi connectivity index (χ3v) is 7.64. The molecule has 3 aromatic rings. The zero-order valence-electron chi connectivity index (χ0n) is 24.2. The maximum absolute atomic E-state index is 13.6. The van der Waals surface area contributed by atoms with Gasteiger partial charge in [-0.15, -0.1) is 0 Å². The van der Waals surface area contributed by atoms with Crippen molar-refractivity contribution in [2.75, 3.05) is 38.3 Å². The molecule has 2 aromatic heterocycles. The number of morpholine rings is 1. The molecule has 42 heavy (non-hydrogen) atoms. The van der Waals surface area contributed by atoms with Crippen LogP contribution < -0.4 is 9.64 Å². The van der Waals surface area contributed by atoms with E-state index in [0.717, 1.165) is 17.7 Å². The predicted molar refractivity (Wildman–Crippen MR) is 149 cm³/mol. The van der Waals surface area contributed by atoms with Gasteiger partial charge in [0.1, 0.15) is 6.10 Å². The minimum atomic E-state index is -4.52. The van der Waals surface area contributed by atoms with E-state index in [1.54, 1.807) is 32.3 Å². The van der Waals surface area contributed by atoms with E-state index in [2.05, 4.69) is 23.8 Å². The molecule has 0 bridgehead atoms. The zero-order valence-corrected chi connectivity index (χ0v) is 24.2. The summed E-state index contributed by atoms with van der Waals surface area (Å²) in [6, 6.07) is 5.15. The van der Waals surface area contributed by atoms with E-state index in [9.17, 15) is 18.0 Å². The summed E-state index contributed by atoms with van der Waals surface area (Å²) < 4.78 is 57.4. The van der Waals surface area contributed by atoms with Gasteiger partial charge in [0.05, 0.1) is 44.2 Å². The molecular weight excluding hydrogens is 551 g/mol. The number of ether oxygens (including phenoxy) is 3. The summed E-state index contributed by atoms with van der Waals surface area (Å²) in [6.07, 6.45) is -2.58. The zero-order chi connectivity index (χ0) is 30.2. The smallest absolute Gasteiger partial charge is 0.416 e. The lowest BCUT2D eigenvalue weighted by molar-refractivity contribution is -0.137. The van der Waals surface area contributed by atoms with Crippen LogP contribution in [0.25, 0.3) is 11.1 Å². The molecule has 12 heteroatoms. The fourth-order valence-corrected chi connectivity index (χ4v) is 5.27. The molecule has 0 N–H and O–H groups in total. The average Bonchev–Trinajstić information content (AvgIpc) is 3.25. The maximum atomic E-state index is 13.6.